The molecule has 0 spiro atoms. The minimum absolute atomic E-state index is 0.00204. The minimum atomic E-state index is -0.711. The van der Waals surface area contributed by atoms with E-state index in [4.69, 9.17) is 0 Å². The molecule has 0 radical (unpaired) electrons. The molecule has 4 rings (SSSR count). The molecular weight excluding hydrogens is 330 g/mol. The Bertz CT molecular complexity index is 884. The molecule has 0 bridgehead atoms. The second-order valence-electron chi connectivity index (χ2n) is 6.68. The van der Waals surface area contributed by atoms with Crippen LogP contribution in [0, 0.1) is 6.92 Å². The summed E-state index contributed by atoms with van der Waals surface area (Å²) in [5.41, 5.74) is 2.42. The van der Waals surface area contributed by atoms with Gasteiger partial charge in [-0.2, -0.15) is 0 Å². The summed E-state index contributed by atoms with van der Waals surface area (Å²) >= 11 is 1.77. The maximum absolute atomic E-state index is 11.8. The summed E-state index contributed by atoms with van der Waals surface area (Å²) in [6.07, 6.45) is 1.66. The van der Waals surface area contributed by atoms with Crippen LogP contribution >= 0.6 is 11.3 Å². The van der Waals surface area contributed by atoms with E-state index in [-0.39, 0.29) is 6.04 Å². The molecule has 4 heteroatoms. The first-order valence-corrected chi connectivity index (χ1v) is 9.49. The Balaban J connectivity index is 1.86. The van der Waals surface area contributed by atoms with E-state index < -0.39 is 12.0 Å². The summed E-state index contributed by atoms with van der Waals surface area (Å²) in [7, 11) is 0. The van der Waals surface area contributed by atoms with Crippen LogP contribution in [0.3, 0.4) is 0 Å². The zero-order valence-corrected chi connectivity index (χ0v) is 15.0. The smallest absolute Gasteiger partial charge is 0.320 e. The van der Waals surface area contributed by atoms with Gasteiger partial charge in [0.05, 0.1) is 6.04 Å². The minimum Gasteiger partial charge on any atom is -0.480 e. The van der Waals surface area contributed by atoms with Crippen molar-refractivity contribution >= 4 is 27.4 Å². The molecule has 1 saturated heterocycles. The van der Waals surface area contributed by atoms with Gasteiger partial charge < -0.3 is 5.11 Å². The number of thiophene rings is 1. The van der Waals surface area contributed by atoms with Crippen molar-refractivity contribution in [1.82, 2.24) is 4.90 Å². The average Bonchev–Trinajstić information content (AvgIpc) is 3.24. The van der Waals surface area contributed by atoms with Gasteiger partial charge in [0, 0.05) is 16.1 Å². The maximum atomic E-state index is 11.8. The molecule has 3 nitrogen and oxygen atoms in total. The fourth-order valence-corrected chi connectivity index (χ4v) is 5.09. The highest BCUT2D eigenvalue weighted by atomic mass is 32.1. The normalized spacial score (nSPS) is 19.3. The first-order valence-electron chi connectivity index (χ1n) is 8.67. The van der Waals surface area contributed by atoms with Crippen molar-refractivity contribution in [3.05, 3.63) is 70.6 Å². The molecule has 2 unspecified atom stereocenters. The van der Waals surface area contributed by atoms with Gasteiger partial charge in [-0.05, 0) is 48.4 Å². The molecule has 1 aliphatic rings. The van der Waals surface area contributed by atoms with E-state index in [1.54, 1.807) is 11.3 Å². The lowest BCUT2D eigenvalue weighted by molar-refractivity contribution is -0.142. The van der Waals surface area contributed by atoms with Crippen LogP contribution in [0.25, 0.3) is 10.1 Å². The van der Waals surface area contributed by atoms with Crippen LogP contribution in [0.15, 0.2) is 54.6 Å². The van der Waals surface area contributed by atoms with Crippen LogP contribution in [0.1, 0.15) is 34.9 Å². The van der Waals surface area contributed by atoms with Gasteiger partial charge in [0.1, 0.15) is 6.04 Å². The molecule has 1 N–H and O–H groups in total. The number of carboxylic acids is 1. The third-order valence-corrected chi connectivity index (χ3v) is 6.28. The Labute approximate surface area is 151 Å². The lowest BCUT2D eigenvalue weighted by Gasteiger charge is -2.31. The Morgan fingerprint density at radius 1 is 1.20 bits per heavy atom. The predicted octanol–water partition coefficient (Wildman–Crippen LogP) is 4.85. The number of carboxylic acid groups (broad SMARTS) is 1. The number of hydrogen-bond acceptors (Lipinski definition) is 3. The topological polar surface area (TPSA) is 40.5 Å². The van der Waals surface area contributed by atoms with Gasteiger partial charge in [0.15, 0.2) is 0 Å². The molecule has 2 heterocycles. The summed E-state index contributed by atoms with van der Waals surface area (Å²) < 4.78 is 1.25. The van der Waals surface area contributed by atoms with E-state index in [9.17, 15) is 9.90 Å². The number of likely N-dealkylation sites (tertiary alicyclic amines) is 1. The fourth-order valence-electron chi connectivity index (χ4n) is 3.89. The maximum Gasteiger partial charge on any atom is 0.320 e. The van der Waals surface area contributed by atoms with Crippen molar-refractivity contribution in [1.29, 1.82) is 0 Å². The number of rotatable bonds is 4. The van der Waals surface area contributed by atoms with Gasteiger partial charge in [0.2, 0.25) is 0 Å². The van der Waals surface area contributed by atoms with Gasteiger partial charge in [-0.15, -0.1) is 11.3 Å². The molecule has 3 aromatic rings. The zero-order chi connectivity index (χ0) is 17.4. The summed E-state index contributed by atoms with van der Waals surface area (Å²) in [6.45, 7) is 2.94. The van der Waals surface area contributed by atoms with E-state index in [2.05, 4.69) is 60.4 Å². The lowest BCUT2D eigenvalue weighted by Crippen LogP contribution is -2.39. The third kappa shape index (κ3) is 2.96. The van der Waals surface area contributed by atoms with E-state index in [0.717, 1.165) is 19.4 Å². The van der Waals surface area contributed by atoms with Crippen LogP contribution in [0.2, 0.25) is 0 Å². The number of aryl methyl sites for hydroxylation is 1. The molecule has 1 fully saturated rings. The highest BCUT2D eigenvalue weighted by Gasteiger charge is 2.37. The highest BCUT2D eigenvalue weighted by Crippen LogP contribution is 2.41. The van der Waals surface area contributed by atoms with E-state index in [1.807, 2.05) is 6.07 Å². The van der Waals surface area contributed by atoms with Crippen LogP contribution in [-0.2, 0) is 4.79 Å². The van der Waals surface area contributed by atoms with Crippen molar-refractivity contribution in [3.8, 4) is 0 Å². The van der Waals surface area contributed by atoms with Crippen molar-refractivity contribution in [3.63, 3.8) is 0 Å². The Morgan fingerprint density at radius 3 is 2.72 bits per heavy atom. The quantitative estimate of drug-likeness (QED) is 0.730. The summed E-state index contributed by atoms with van der Waals surface area (Å²) in [4.78, 5) is 15.2. The van der Waals surface area contributed by atoms with Gasteiger partial charge in [-0.1, -0.05) is 42.5 Å². The van der Waals surface area contributed by atoms with Crippen molar-refractivity contribution in [2.24, 2.45) is 0 Å². The number of aliphatic carboxylic acids is 1. The van der Waals surface area contributed by atoms with Crippen molar-refractivity contribution in [2.75, 3.05) is 6.54 Å². The average molecular weight is 351 g/mol. The van der Waals surface area contributed by atoms with Gasteiger partial charge in [-0.25, -0.2) is 0 Å². The first-order chi connectivity index (χ1) is 12.1. The SMILES string of the molecule is Cc1ccccc1C(c1cc2ccccc2s1)N1CCCC1C(=O)O. The summed E-state index contributed by atoms with van der Waals surface area (Å²) in [6, 6.07) is 18.5. The van der Waals surface area contributed by atoms with Crippen LogP contribution in [0.4, 0.5) is 0 Å². The molecule has 1 aliphatic heterocycles. The number of hydrogen-bond donors (Lipinski definition) is 1. The highest BCUT2D eigenvalue weighted by molar-refractivity contribution is 7.19. The largest absolute Gasteiger partial charge is 0.480 e. The Hall–Kier alpha value is -2.17. The number of benzene rings is 2. The molecule has 25 heavy (non-hydrogen) atoms. The van der Waals surface area contributed by atoms with Crippen LogP contribution < -0.4 is 0 Å². The molecule has 0 saturated carbocycles. The van der Waals surface area contributed by atoms with E-state index >= 15 is 0 Å². The lowest BCUT2D eigenvalue weighted by atomic mass is 9.97. The molecule has 2 aromatic carbocycles. The van der Waals surface area contributed by atoms with Crippen molar-refractivity contribution < 1.29 is 9.90 Å². The molecule has 2 atom stereocenters. The number of nitrogens with zero attached hydrogens (tertiary/aromatic N) is 1. The second kappa shape index (κ2) is 6.62. The predicted molar refractivity (Wildman–Crippen MR) is 102 cm³/mol. The Kier molecular flexibility index (Phi) is 4.32. The number of fused-ring (bicyclic) bond motifs is 1. The monoisotopic (exact) mass is 351 g/mol. The zero-order valence-electron chi connectivity index (χ0n) is 14.2. The fraction of sp³-hybridized carbons (Fsp3) is 0.286. The van der Waals surface area contributed by atoms with E-state index in [1.165, 1.54) is 26.1 Å². The van der Waals surface area contributed by atoms with Gasteiger partial charge >= 0.3 is 5.97 Å². The first kappa shape index (κ1) is 16.3. The third-order valence-electron chi connectivity index (χ3n) is 5.11. The molecule has 1 aromatic heterocycles. The van der Waals surface area contributed by atoms with Crippen LogP contribution in [0.5, 0.6) is 0 Å². The van der Waals surface area contributed by atoms with Gasteiger partial charge in [0.25, 0.3) is 0 Å². The second-order valence-corrected chi connectivity index (χ2v) is 7.80. The molecular formula is C21H21NO2S. The standard InChI is InChI=1S/C21H21NO2S/c1-14-7-2-4-9-16(14)20(22-12-6-10-17(22)21(23)24)19-13-15-8-3-5-11-18(15)25-19/h2-5,7-9,11,13,17,20H,6,10,12H2,1H3,(H,23,24). The summed E-state index contributed by atoms with van der Waals surface area (Å²) in [5, 5.41) is 10.9. The molecule has 0 aliphatic carbocycles. The Morgan fingerprint density at radius 2 is 1.96 bits per heavy atom. The van der Waals surface area contributed by atoms with Crippen LogP contribution in [-0.4, -0.2) is 28.6 Å². The molecule has 0 amide bonds. The summed E-state index contributed by atoms with van der Waals surface area (Å²) in [5.74, 6) is -0.711. The number of carbonyl (C=O) groups is 1. The molecule has 128 valence electrons. The van der Waals surface area contributed by atoms with Crippen molar-refractivity contribution in [2.45, 2.75) is 31.8 Å². The van der Waals surface area contributed by atoms with E-state index in [0.29, 0.717) is 0 Å². The van der Waals surface area contributed by atoms with Gasteiger partial charge in [-0.3, -0.25) is 9.69 Å².